The van der Waals surface area contributed by atoms with Gasteiger partial charge in [0.2, 0.25) is 11.1 Å². The number of amides is 1. The Morgan fingerprint density at radius 3 is 2.78 bits per heavy atom. The molecule has 23 heavy (non-hydrogen) atoms. The van der Waals surface area contributed by atoms with Gasteiger partial charge < -0.3 is 5.32 Å². The number of rotatable bonds is 5. The third kappa shape index (κ3) is 3.87. The number of nitrogens with zero attached hydrogens (tertiary/aromatic N) is 4. The minimum absolute atomic E-state index is 0.0161. The molecule has 1 amide bonds. The lowest BCUT2D eigenvalue weighted by Gasteiger charge is -2.03. The molecule has 7 heteroatoms. The molecule has 2 heterocycles. The average Bonchev–Trinajstić information content (AvgIpc) is 2.91. The Kier molecular flexibility index (Phi) is 4.57. The molecule has 0 fully saturated rings. The number of nitrogens with one attached hydrogen (secondary N) is 1. The number of hydrogen-bond donors (Lipinski definition) is 1. The molecule has 3 rings (SSSR count). The second-order valence-electron chi connectivity index (χ2n) is 5.16. The van der Waals surface area contributed by atoms with Crippen molar-refractivity contribution in [3.63, 3.8) is 0 Å². The Morgan fingerprint density at radius 1 is 1.22 bits per heavy atom. The highest BCUT2D eigenvalue weighted by Crippen LogP contribution is 2.16. The highest BCUT2D eigenvalue weighted by atomic mass is 32.2. The van der Waals surface area contributed by atoms with Crippen molar-refractivity contribution in [2.24, 2.45) is 0 Å². The number of thioether (sulfide) groups is 1. The summed E-state index contributed by atoms with van der Waals surface area (Å²) in [6, 6.07) is 11.4. The molecule has 0 aliphatic carbocycles. The van der Waals surface area contributed by atoms with Gasteiger partial charge in [-0.1, -0.05) is 30.0 Å². The van der Waals surface area contributed by atoms with Crippen LogP contribution in [-0.2, 0) is 4.79 Å². The molecule has 118 valence electrons. The van der Waals surface area contributed by atoms with E-state index < -0.39 is 0 Å². The van der Waals surface area contributed by atoms with Crippen molar-refractivity contribution < 1.29 is 4.79 Å². The monoisotopic (exact) mass is 327 g/mol. The molecule has 1 N–H and O–H groups in total. The van der Waals surface area contributed by atoms with E-state index in [9.17, 15) is 4.79 Å². The van der Waals surface area contributed by atoms with Crippen LogP contribution in [0.4, 0.5) is 5.69 Å². The smallest absolute Gasteiger partial charge is 0.253 e. The van der Waals surface area contributed by atoms with E-state index in [1.54, 1.807) is 4.52 Å². The molecule has 0 bridgehead atoms. The largest absolute Gasteiger partial charge is 0.326 e. The molecule has 0 spiro atoms. The summed E-state index contributed by atoms with van der Waals surface area (Å²) < 4.78 is 1.72. The molecule has 0 saturated carbocycles. The lowest BCUT2D eigenvalue weighted by Crippen LogP contribution is -2.11. The fraction of sp³-hybridized carbons (Fsp3) is 0.250. The second kappa shape index (κ2) is 6.78. The topological polar surface area (TPSA) is 72.2 Å². The summed E-state index contributed by atoms with van der Waals surface area (Å²) in [5, 5.41) is 7.91. The van der Waals surface area contributed by atoms with Crippen LogP contribution in [0.3, 0.4) is 0 Å². The summed E-state index contributed by atoms with van der Waals surface area (Å²) in [4.78, 5) is 20.6. The minimum atomic E-state index is -0.0161. The first-order valence-corrected chi connectivity index (χ1v) is 8.29. The normalized spacial score (nSPS) is 10.9. The lowest BCUT2D eigenvalue weighted by atomic mass is 10.3. The maximum Gasteiger partial charge on any atom is 0.253 e. The summed E-state index contributed by atoms with van der Waals surface area (Å²) in [6.07, 6.45) is 0.403. The number of carbonyl (C=O) groups excluding carboxylic acids is 1. The Bertz CT molecular complexity index is 831. The number of fused-ring (bicyclic) bond motifs is 1. The van der Waals surface area contributed by atoms with Crippen LogP contribution in [0.5, 0.6) is 0 Å². The van der Waals surface area contributed by atoms with Crippen molar-refractivity contribution in [2.45, 2.75) is 25.4 Å². The highest BCUT2D eigenvalue weighted by molar-refractivity contribution is 7.99. The maximum absolute atomic E-state index is 11.9. The van der Waals surface area contributed by atoms with Gasteiger partial charge in [-0.25, -0.2) is 9.50 Å². The first kappa shape index (κ1) is 15.5. The van der Waals surface area contributed by atoms with Crippen LogP contribution < -0.4 is 5.32 Å². The van der Waals surface area contributed by atoms with Crippen LogP contribution in [0, 0.1) is 13.8 Å². The number of aryl methyl sites for hydroxylation is 2. The summed E-state index contributed by atoms with van der Waals surface area (Å²) in [5.74, 6) is 1.20. The molecule has 0 atom stereocenters. The highest BCUT2D eigenvalue weighted by Gasteiger charge is 2.09. The summed E-state index contributed by atoms with van der Waals surface area (Å²) in [5.41, 5.74) is 2.72. The van der Waals surface area contributed by atoms with E-state index >= 15 is 0 Å². The van der Waals surface area contributed by atoms with Crippen LogP contribution in [0.1, 0.15) is 17.8 Å². The number of anilines is 1. The van der Waals surface area contributed by atoms with Gasteiger partial charge in [0.05, 0.1) is 0 Å². The number of para-hydroxylation sites is 1. The molecule has 6 nitrogen and oxygen atoms in total. The van der Waals surface area contributed by atoms with Gasteiger partial charge >= 0.3 is 0 Å². The van der Waals surface area contributed by atoms with Gasteiger partial charge in [-0.2, -0.15) is 4.98 Å². The maximum atomic E-state index is 11.9. The van der Waals surface area contributed by atoms with Crippen molar-refractivity contribution in [1.82, 2.24) is 19.6 Å². The van der Waals surface area contributed by atoms with Crippen LogP contribution in [0.15, 0.2) is 41.6 Å². The van der Waals surface area contributed by atoms with Crippen LogP contribution >= 0.6 is 11.8 Å². The molecule has 0 aliphatic heterocycles. The van der Waals surface area contributed by atoms with E-state index in [0.29, 0.717) is 23.1 Å². The van der Waals surface area contributed by atoms with Gasteiger partial charge in [-0.15, -0.1) is 5.10 Å². The zero-order chi connectivity index (χ0) is 16.2. The standard InChI is InChI=1S/C16H17N5OS/c1-11-10-12(2)21-15(17-11)19-16(20-21)23-9-8-14(22)18-13-6-4-3-5-7-13/h3-7,10H,8-9H2,1-2H3,(H,18,22). The van der Waals surface area contributed by atoms with Crippen molar-refractivity contribution in [3.05, 3.63) is 47.8 Å². The van der Waals surface area contributed by atoms with E-state index in [1.807, 2.05) is 50.2 Å². The van der Waals surface area contributed by atoms with Crippen LogP contribution in [0.25, 0.3) is 5.78 Å². The Balaban J connectivity index is 1.56. The van der Waals surface area contributed by atoms with Crippen molar-refractivity contribution >= 4 is 29.1 Å². The SMILES string of the molecule is Cc1cc(C)n2nc(SCCC(=O)Nc3ccccc3)nc2n1. The molecule has 0 saturated heterocycles. The fourth-order valence-electron chi connectivity index (χ4n) is 2.19. The molecule has 1 aromatic carbocycles. The third-order valence-corrected chi connectivity index (χ3v) is 4.06. The summed E-state index contributed by atoms with van der Waals surface area (Å²) >= 11 is 1.46. The molecule has 0 radical (unpaired) electrons. The van der Waals surface area contributed by atoms with Gasteiger partial charge in [0.1, 0.15) is 0 Å². The van der Waals surface area contributed by atoms with E-state index in [-0.39, 0.29) is 5.91 Å². The Hall–Kier alpha value is -2.41. The quantitative estimate of drug-likeness (QED) is 0.730. The first-order valence-electron chi connectivity index (χ1n) is 7.30. The number of hydrogen-bond acceptors (Lipinski definition) is 5. The number of aromatic nitrogens is 4. The zero-order valence-corrected chi connectivity index (χ0v) is 13.8. The molecular formula is C16H17N5OS. The van der Waals surface area contributed by atoms with Crippen LogP contribution in [-0.4, -0.2) is 31.2 Å². The van der Waals surface area contributed by atoms with E-state index in [4.69, 9.17) is 0 Å². The van der Waals surface area contributed by atoms with Crippen LogP contribution in [0.2, 0.25) is 0 Å². The molecule has 2 aromatic heterocycles. The molecular weight excluding hydrogens is 310 g/mol. The van der Waals surface area contributed by atoms with Crippen molar-refractivity contribution in [2.75, 3.05) is 11.1 Å². The van der Waals surface area contributed by atoms with Gasteiger partial charge in [0.25, 0.3) is 5.78 Å². The first-order chi connectivity index (χ1) is 11.1. The summed E-state index contributed by atoms with van der Waals surface area (Å²) in [7, 11) is 0. The van der Waals surface area contributed by atoms with Gasteiger partial charge in [0.15, 0.2) is 0 Å². The molecule has 3 aromatic rings. The lowest BCUT2D eigenvalue weighted by molar-refractivity contribution is -0.115. The Labute approximate surface area is 138 Å². The summed E-state index contributed by atoms with van der Waals surface area (Å²) in [6.45, 7) is 3.90. The van der Waals surface area contributed by atoms with E-state index in [2.05, 4.69) is 20.4 Å². The van der Waals surface area contributed by atoms with Gasteiger partial charge in [0, 0.05) is 29.2 Å². The number of benzene rings is 1. The molecule has 0 aliphatic rings. The second-order valence-corrected chi connectivity index (χ2v) is 6.22. The van der Waals surface area contributed by atoms with Gasteiger partial charge in [-0.3, -0.25) is 4.79 Å². The fourth-order valence-corrected chi connectivity index (χ4v) is 2.94. The third-order valence-electron chi connectivity index (χ3n) is 3.22. The van der Waals surface area contributed by atoms with Crippen molar-refractivity contribution in [1.29, 1.82) is 0 Å². The van der Waals surface area contributed by atoms with Gasteiger partial charge in [-0.05, 0) is 32.0 Å². The predicted molar refractivity (Wildman–Crippen MR) is 90.7 cm³/mol. The molecule has 0 unspecified atom stereocenters. The number of carbonyl (C=O) groups is 1. The predicted octanol–water partition coefficient (Wildman–Crippen LogP) is 2.86. The van der Waals surface area contributed by atoms with Crippen molar-refractivity contribution in [3.8, 4) is 0 Å². The zero-order valence-electron chi connectivity index (χ0n) is 13.0. The van der Waals surface area contributed by atoms with E-state index in [1.165, 1.54) is 11.8 Å². The average molecular weight is 327 g/mol. The minimum Gasteiger partial charge on any atom is -0.326 e. The van der Waals surface area contributed by atoms with E-state index in [0.717, 1.165) is 17.1 Å². The Morgan fingerprint density at radius 2 is 2.00 bits per heavy atom.